The summed E-state index contributed by atoms with van der Waals surface area (Å²) in [4.78, 5) is 22.5. The van der Waals surface area contributed by atoms with Crippen LogP contribution >= 0.6 is 0 Å². The minimum absolute atomic E-state index is 0.234. The Morgan fingerprint density at radius 1 is 1.35 bits per heavy atom. The van der Waals surface area contributed by atoms with Gasteiger partial charge in [0.1, 0.15) is 11.5 Å². The molecule has 1 aromatic carbocycles. The van der Waals surface area contributed by atoms with E-state index in [0.29, 0.717) is 11.6 Å². The Bertz CT molecular complexity index is 793. The number of hydrogen-bond acceptors (Lipinski definition) is 4. The number of fused-ring (bicyclic) bond motifs is 1. The molecule has 6 nitrogen and oxygen atoms in total. The third kappa shape index (κ3) is 2.07. The normalized spacial score (nSPS) is 10.7. The molecule has 0 aliphatic heterocycles. The van der Waals surface area contributed by atoms with E-state index in [1.165, 1.54) is 6.33 Å². The third-order valence-electron chi connectivity index (χ3n) is 3.06. The van der Waals surface area contributed by atoms with Gasteiger partial charge in [-0.1, -0.05) is 18.2 Å². The number of nitrogens with one attached hydrogen (secondary N) is 2. The van der Waals surface area contributed by atoms with Crippen molar-refractivity contribution in [3.63, 3.8) is 0 Å². The monoisotopic (exact) mass is 267 g/mol. The lowest BCUT2D eigenvalue weighted by molar-refractivity contribution is 0.0997. The van der Waals surface area contributed by atoms with Crippen LogP contribution in [0.2, 0.25) is 0 Å². The van der Waals surface area contributed by atoms with Crippen molar-refractivity contribution in [1.82, 2.24) is 15.0 Å². The highest BCUT2D eigenvalue weighted by atomic mass is 16.1. The minimum Gasteiger partial charge on any atom is -0.364 e. The zero-order valence-corrected chi connectivity index (χ0v) is 10.8. The minimum atomic E-state index is -0.567. The number of benzene rings is 1. The van der Waals surface area contributed by atoms with E-state index < -0.39 is 5.91 Å². The van der Waals surface area contributed by atoms with Crippen LogP contribution in [0.5, 0.6) is 0 Å². The van der Waals surface area contributed by atoms with Gasteiger partial charge in [0.2, 0.25) is 0 Å². The number of imidazole rings is 1. The number of anilines is 2. The number of H-pyrrole nitrogens is 1. The molecule has 0 fully saturated rings. The van der Waals surface area contributed by atoms with Crippen molar-refractivity contribution in [3.05, 3.63) is 47.9 Å². The average molecular weight is 267 g/mol. The fourth-order valence-electron chi connectivity index (χ4n) is 2.11. The summed E-state index contributed by atoms with van der Waals surface area (Å²) >= 11 is 0. The smallest absolute Gasteiger partial charge is 0.269 e. The van der Waals surface area contributed by atoms with Gasteiger partial charge in [0.25, 0.3) is 5.91 Å². The first-order valence-corrected chi connectivity index (χ1v) is 6.12. The zero-order valence-electron chi connectivity index (χ0n) is 10.8. The number of primary amides is 1. The second-order valence-electron chi connectivity index (χ2n) is 4.46. The fourth-order valence-corrected chi connectivity index (χ4v) is 2.11. The quantitative estimate of drug-likeness (QED) is 0.677. The molecule has 0 saturated carbocycles. The van der Waals surface area contributed by atoms with Crippen LogP contribution in [-0.2, 0) is 0 Å². The van der Waals surface area contributed by atoms with E-state index in [2.05, 4.69) is 20.3 Å². The Morgan fingerprint density at radius 2 is 2.15 bits per heavy atom. The van der Waals surface area contributed by atoms with Gasteiger partial charge >= 0.3 is 0 Å². The van der Waals surface area contributed by atoms with Crippen LogP contribution in [0.3, 0.4) is 0 Å². The number of nitrogens with two attached hydrogens (primary N) is 1. The third-order valence-corrected chi connectivity index (χ3v) is 3.06. The van der Waals surface area contributed by atoms with E-state index in [0.717, 1.165) is 16.5 Å². The van der Waals surface area contributed by atoms with E-state index in [1.807, 2.05) is 37.3 Å². The molecule has 0 saturated heterocycles. The molecule has 1 amide bonds. The molecule has 0 atom stereocenters. The van der Waals surface area contributed by atoms with Crippen LogP contribution in [-0.4, -0.2) is 20.9 Å². The standard InChI is InChI=1S/C14H13N5O/c1-8-6-11(18-10-5-3-2-4-9(8)10)19-14-12(13(15)20)16-7-17-14/h2-7H,1H3,(H2,15,20)(H,16,17)(H,18,19). The lowest BCUT2D eigenvalue weighted by Gasteiger charge is -2.07. The molecule has 3 rings (SSSR count). The van der Waals surface area contributed by atoms with Crippen LogP contribution in [0.4, 0.5) is 11.6 Å². The first kappa shape index (κ1) is 12.2. The molecule has 0 aliphatic carbocycles. The van der Waals surface area contributed by atoms with Crippen LogP contribution in [0.25, 0.3) is 10.9 Å². The summed E-state index contributed by atoms with van der Waals surface area (Å²) in [5.74, 6) is 0.429. The van der Waals surface area contributed by atoms with Crippen molar-refractivity contribution in [3.8, 4) is 0 Å². The van der Waals surface area contributed by atoms with E-state index in [-0.39, 0.29) is 5.69 Å². The number of amides is 1. The number of para-hydroxylation sites is 1. The van der Waals surface area contributed by atoms with Crippen LogP contribution in [0, 0.1) is 6.92 Å². The van der Waals surface area contributed by atoms with Gasteiger partial charge in [-0.15, -0.1) is 0 Å². The maximum Gasteiger partial charge on any atom is 0.269 e. The molecule has 0 unspecified atom stereocenters. The summed E-state index contributed by atoms with van der Waals surface area (Å²) < 4.78 is 0. The zero-order chi connectivity index (χ0) is 14.1. The van der Waals surface area contributed by atoms with Crippen LogP contribution in [0.1, 0.15) is 16.1 Å². The van der Waals surface area contributed by atoms with Crippen LogP contribution < -0.4 is 11.1 Å². The number of carbonyl (C=O) groups is 1. The molecule has 2 aromatic heterocycles. The summed E-state index contributed by atoms with van der Waals surface area (Å²) in [7, 11) is 0. The Kier molecular flexibility index (Phi) is 2.83. The molecule has 100 valence electrons. The first-order valence-electron chi connectivity index (χ1n) is 6.12. The predicted molar refractivity (Wildman–Crippen MR) is 76.9 cm³/mol. The molecule has 0 spiro atoms. The molecule has 6 heteroatoms. The summed E-state index contributed by atoms with van der Waals surface area (Å²) in [5, 5.41) is 4.11. The molecule has 0 radical (unpaired) electrons. The number of aryl methyl sites for hydroxylation is 1. The topological polar surface area (TPSA) is 96.7 Å². The van der Waals surface area contributed by atoms with Crippen molar-refractivity contribution in [1.29, 1.82) is 0 Å². The molecule has 0 aliphatic rings. The Labute approximate surface area is 115 Å². The SMILES string of the molecule is Cc1cc(Nc2nc[nH]c2C(N)=O)nc2ccccc12. The van der Waals surface area contributed by atoms with E-state index in [1.54, 1.807) is 0 Å². The van der Waals surface area contributed by atoms with E-state index >= 15 is 0 Å². The number of hydrogen-bond donors (Lipinski definition) is 3. The van der Waals surface area contributed by atoms with Gasteiger partial charge in [0, 0.05) is 5.39 Å². The Balaban J connectivity index is 2.03. The highest BCUT2D eigenvalue weighted by Gasteiger charge is 2.12. The van der Waals surface area contributed by atoms with Crippen LogP contribution in [0.15, 0.2) is 36.7 Å². The van der Waals surface area contributed by atoms with Crippen molar-refractivity contribution < 1.29 is 4.79 Å². The summed E-state index contributed by atoms with van der Waals surface area (Å²) in [5.41, 5.74) is 7.47. The van der Waals surface area contributed by atoms with Gasteiger partial charge in [-0.2, -0.15) is 0 Å². The highest BCUT2D eigenvalue weighted by molar-refractivity contribution is 5.96. The largest absolute Gasteiger partial charge is 0.364 e. The molecule has 4 N–H and O–H groups in total. The number of carbonyl (C=O) groups excluding carboxylic acids is 1. The van der Waals surface area contributed by atoms with Crippen molar-refractivity contribution >= 4 is 28.4 Å². The first-order chi connectivity index (χ1) is 9.65. The van der Waals surface area contributed by atoms with Gasteiger partial charge < -0.3 is 16.0 Å². The molecule has 3 aromatic rings. The number of aromatic amines is 1. The maximum atomic E-state index is 11.2. The maximum absolute atomic E-state index is 11.2. The van der Waals surface area contributed by atoms with Gasteiger partial charge in [0.15, 0.2) is 5.82 Å². The average Bonchev–Trinajstić information content (AvgIpc) is 2.87. The fraction of sp³-hybridized carbons (Fsp3) is 0.0714. The van der Waals surface area contributed by atoms with Crippen molar-refractivity contribution in [2.75, 3.05) is 5.32 Å². The number of nitrogens with zero attached hydrogens (tertiary/aromatic N) is 2. The second kappa shape index (κ2) is 4.65. The molecule has 20 heavy (non-hydrogen) atoms. The molecule has 2 heterocycles. The Hall–Kier alpha value is -2.89. The van der Waals surface area contributed by atoms with Gasteiger partial charge in [-0.25, -0.2) is 9.97 Å². The lowest BCUT2D eigenvalue weighted by Crippen LogP contribution is -2.13. The summed E-state index contributed by atoms with van der Waals surface area (Å²) in [6, 6.07) is 9.77. The molecular formula is C14H13N5O. The Morgan fingerprint density at radius 3 is 2.95 bits per heavy atom. The van der Waals surface area contributed by atoms with Gasteiger partial charge in [-0.3, -0.25) is 4.79 Å². The molecular weight excluding hydrogens is 254 g/mol. The predicted octanol–water partition coefficient (Wildman–Crippen LogP) is 2.11. The number of aromatic nitrogens is 3. The highest BCUT2D eigenvalue weighted by Crippen LogP contribution is 2.22. The van der Waals surface area contributed by atoms with Gasteiger partial charge in [0.05, 0.1) is 11.8 Å². The summed E-state index contributed by atoms with van der Waals surface area (Å²) in [6.45, 7) is 2.01. The summed E-state index contributed by atoms with van der Waals surface area (Å²) in [6.07, 6.45) is 1.41. The lowest BCUT2D eigenvalue weighted by atomic mass is 10.1. The number of pyridine rings is 1. The van der Waals surface area contributed by atoms with Crippen molar-refractivity contribution in [2.45, 2.75) is 6.92 Å². The second-order valence-corrected chi connectivity index (χ2v) is 4.46. The van der Waals surface area contributed by atoms with E-state index in [4.69, 9.17) is 5.73 Å². The van der Waals surface area contributed by atoms with E-state index in [9.17, 15) is 4.79 Å². The van der Waals surface area contributed by atoms with Gasteiger partial charge in [-0.05, 0) is 24.6 Å². The number of rotatable bonds is 3. The van der Waals surface area contributed by atoms with Crippen molar-refractivity contribution in [2.24, 2.45) is 5.73 Å². The molecule has 0 bridgehead atoms.